The Hall–Kier alpha value is -0.330. The minimum atomic E-state index is 0.741. The van der Waals surface area contributed by atoms with E-state index in [0.717, 1.165) is 5.92 Å². The molecule has 0 aliphatic carbocycles. The van der Waals surface area contributed by atoms with Gasteiger partial charge in [0.05, 0.1) is 0 Å². The summed E-state index contributed by atoms with van der Waals surface area (Å²) in [4.78, 5) is 0. The first-order chi connectivity index (χ1) is 4.16. The van der Waals surface area contributed by atoms with Gasteiger partial charge in [-0.05, 0) is 6.42 Å². The Morgan fingerprint density at radius 2 is 2.00 bits per heavy atom. The highest BCUT2D eigenvalue weighted by Gasteiger charge is 1.98. The zero-order valence-corrected chi connectivity index (χ0v) is 7.02. The van der Waals surface area contributed by atoms with Crippen molar-refractivity contribution in [1.29, 1.82) is 0 Å². The first kappa shape index (κ1) is 8.67. The highest BCUT2D eigenvalue weighted by molar-refractivity contribution is 5.54. The standard InChI is InChI=1S/C8H18N/c1-5-6-8(2)7-9(3)4/h7-8H,5-6H2,1-4H3/q+1. The van der Waals surface area contributed by atoms with Crippen molar-refractivity contribution < 1.29 is 4.58 Å². The Morgan fingerprint density at radius 3 is 2.33 bits per heavy atom. The van der Waals surface area contributed by atoms with Crippen molar-refractivity contribution in [2.24, 2.45) is 5.92 Å². The zero-order valence-electron chi connectivity index (χ0n) is 7.02. The predicted octanol–water partition coefficient (Wildman–Crippen LogP) is 1.77. The quantitative estimate of drug-likeness (QED) is 0.402. The largest absolute Gasteiger partial charge is 0.245 e. The summed E-state index contributed by atoms with van der Waals surface area (Å²) in [6.07, 6.45) is 4.84. The van der Waals surface area contributed by atoms with E-state index in [-0.39, 0.29) is 0 Å². The molecule has 0 aromatic rings. The monoisotopic (exact) mass is 128 g/mol. The molecule has 0 saturated carbocycles. The number of nitrogens with zero attached hydrogens (tertiary/aromatic N) is 1. The van der Waals surface area contributed by atoms with Gasteiger partial charge in [-0.15, -0.1) is 0 Å². The molecule has 0 aliphatic rings. The second kappa shape index (κ2) is 4.54. The lowest BCUT2D eigenvalue weighted by Gasteiger charge is -1.98. The first-order valence-corrected chi connectivity index (χ1v) is 3.68. The van der Waals surface area contributed by atoms with Gasteiger partial charge < -0.3 is 0 Å². The van der Waals surface area contributed by atoms with Crippen molar-refractivity contribution in [2.75, 3.05) is 14.1 Å². The molecular formula is C8H18N+. The van der Waals surface area contributed by atoms with Gasteiger partial charge in [-0.2, -0.15) is 0 Å². The van der Waals surface area contributed by atoms with Crippen molar-refractivity contribution in [3.05, 3.63) is 0 Å². The summed E-state index contributed by atoms with van der Waals surface area (Å²) >= 11 is 0. The molecule has 9 heavy (non-hydrogen) atoms. The van der Waals surface area contributed by atoms with Crippen LogP contribution in [-0.4, -0.2) is 24.9 Å². The van der Waals surface area contributed by atoms with Gasteiger partial charge in [-0.1, -0.05) is 20.3 Å². The van der Waals surface area contributed by atoms with E-state index in [2.05, 4.69) is 38.7 Å². The minimum absolute atomic E-state index is 0.741. The third-order valence-corrected chi connectivity index (χ3v) is 1.30. The van der Waals surface area contributed by atoms with E-state index in [0.29, 0.717) is 0 Å². The molecule has 0 rings (SSSR count). The molecule has 0 aromatic heterocycles. The lowest BCUT2D eigenvalue weighted by Crippen LogP contribution is -2.06. The van der Waals surface area contributed by atoms with Crippen molar-refractivity contribution >= 4 is 6.21 Å². The third-order valence-electron chi connectivity index (χ3n) is 1.30. The molecular weight excluding hydrogens is 110 g/mol. The Morgan fingerprint density at radius 1 is 1.44 bits per heavy atom. The van der Waals surface area contributed by atoms with E-state index in [1.807, 2.05) is 0 Å². The summed E-state index contributed by atoms with van der Waals surface area (Å²) in [5.41, 5.74) is 0. The topological polar surface area (TPSA) is 3.01 Å². The Labute approximate surface area is 58.4 Å². The van der Waals surface area contributed by atoms with E-state index in [1.54, 1.807) is 0 Å². The number of hydrogen-bond donors (Lipinski definition) is 0. The van der Waals surface area contributed by atoms with Crippen molar-refractivity contribution in [1.82, 2.24) is 0 Å². The van der Waals surface area contributed by atoms with Gasteiger partial charge in [-0.25, -0.2) is 4.58 Å². The summed E-state index contributed by atoms with van der Waals surface area (Å²) in [5, 5.41) is 0. The van der Waals surface area contributed by atoms with Crippen molar-refractivity contribution in [3.63, 3.8) is 0 Å². The highest BCUT2D eigenvalue weighted by atomic mass is 14.9. The summed E-state index contributed by atoms with van der Waals surface area (Å²) in [5.74, 6) is 0.741. The minimum Gasteiger partial charge on any atom is -0.245 e. The van der Waals surface area contributed by atoms with Crippen LogP contribution in [0.4, 0.5) is 0 Å². The molecule has 1 nitrogen and oxygen atoms in total. The van der Waals surface area contributed by atoms with E-state index >= 15 is 0 Å². The van der Waals surface area contributed by atoms with Gasteiger partial charge in [0.25, 0.3) is 0 Å². The number of hydrogen-bond acceptors (Lipinski definition) is 0. The molecule has 1 heteroatoms. The van der Waals surface area contributed by atoms with Crippen LogP contribution in [0.25, 0.3) is 0 Å². The molecule has 0 spiro atoms. The zero-order chi connectivity index (χ0) is 7.28. The Bertz CT molecular complexity index is 90.7. The van der Waals surface area contributed by atoms with Crippen LogP contribution in [0.2, 0.25) is 0 Å². The van der Waals surface area contributed by atoms with E-state index in [4.69, 9.17) is 0 Å². The molecule has 0 amide bonds. The van der Waals surface area contributed by atoms with Crippen LogP contribution in [0.5, 0.6) is 0 Å². The molecule has 54 valence electrons. The molecule has 0 bridgehead atoms. The van der Waals surface area contributed by atoms with E-state index in [9.17, 15) is 0 Å². The first-order valence-electron chi connectivity index (χ1n) is 3.68. The molecule has 0 fully saturated rings. The van der Waals surface area contributed by atoms with Crippen LogP contribution in [0, 0.1) is 5.92 Å². The van der Waals surface area contributed by atoms with Crippen molar-refractivity contribution in [2.45, 2.75) is 26.7 Å². The van der Waals surface area contributed by atoms with Crippen LogP contribution in [0.3, 0.4) is 0 Å². The smallest absolute Gasteiger partial charge is 0.141 e. The average Bonchev–Trinajstić information content (AvgIpc) is 1.63. The van der Waals surface area contributed by atoms with Gasteiger partial charge in [0, 0.05) is 5.92 Å². The molecule has 0 aliphatic heterocycles. The fourth-order valence-electron chi connectivity index (χ4n) is 1.04. The summed E-state index contributed by atoms with van der Waals surface area (Å²) < 4.78 is 2.13. The predicted molar refractivity (Wildman–Crippen MR) is 42.2 cm³/mol. The normalized spacial score (nSPS) is 12.9. The van der Waals surface area contributed by atoms with Gasteiger partial charge >= 0.3 is 0 Å². The fourth-order valence-corrected chi connectivity index (χ4v) is 1.04. The molecule has 0 N–H and O–H groups in total. The van der Waals surface area contributed by atoms with Gasteiger partial charge in [0.2, 0.25) is 0 Å². The number of rotatable bonds is 3. The summed E-state index contributed by atoms with van der Waals surface area (Å²) in [7, 11) is 4.15. The second-order valence-corrected chi connectivity index (χ2v) is 2.88. The summed E-state index contributed by atoms with van der Waals surface area (Å²) in [6, 6.07) is 0. The Kier molecular flexibility index (Phi) is 4.37. The SMILES string of the molecule is CCCC(C)C=[N+](C)C. The molecule has 0 aromatic carbocycles. The lowest BCUT2D eigenvalue weighted by atomic mass is 10.1. The van der Waals surface area contributed by atoms with Gasteiger partial charge in [-0.3, -0.25) is 0 Å². The summed E-state index contributed by atoms with van der Waals surface area (Å²) in [6.45, 7) is 4.48. The molecule has 1 unspecified atom stereocenters. The average molecular weight is 128 g/mol. The molecule has 0 radical (unpaired) electrons. The molecule has 1 atom stereocenters. The van der Waals surface area contributed by atoms with E-state index < -0.39 is 0 Å². The third kappa shape index (κ3) is 5.54. The maximum absolute atomic E-state index is 2.25. The van der Waals surface area contributed by atoms with Gasteiger partial charge in [0.15, 0.2) is 0 Å². The fraction of sp³-hybridized carbons (Fsp3) is 0.875. The maximum Gasteiger partial charge on any atom is 0.141 e. The van der Waals surface area contributed by atoms with E-state index in [1.165, 1.54) is 12.8 Å². The molecule has 0 heterocycles. The second-order valence-electron chi connectivity index (χ2n) is 2.88. The van der Waals surface area contributed by atoms with Crippen LogP contribution in [0.1, 0.15) is 26.7 Å². The van der Waals surface area contributed by atoms with Crippen LogP contribution in [-0.2, 0) is 0 Å². The lowest BCUT2D eigenvalue weighted by molar-refractivity contribution is -0.461. The van der Waals surface area contributed by atoms with Crippen molar-refractivity contribution in [3.8, 4) is 0 Å². The highest BCUT2D eigenvalue weighted by Crippen LogP contribution is 1.99. The van der Waals surface area contributed by atoms with Crippen LogP contribution < -0.4 is 0 Å². The van der Waals surface area contributed by atoms with Crippen LogP contribution in [0.15, 0.2) is 0 Å². The Balaban J connectivity index is 3.49. The van der Waals surface area contributed by atoms with Crippen LogP contribution >= 0.6 is 0 Å². The molecule has 0 saturated heterocycles. The van der Waals surface area contributed by atoms with Gasteiger partial charge in [0.1, 0.15) is 20.3 Å². The maximum atomic E-state index is 2.25.